The van der Waals surface area contributed by atoms with E-state index in [0.717, 1.165) is 12.1 Å². The van der Waals surface area contributed by atoms with Crippen LogP contribution in [0.5, 0.6) is 0 Å². The Bertz CT molecular complexity index is 1100. The summed E-state index contributed by atoms with van der Waals surface area (Å²) in [6.45, 7) is 2.09. The van der Waals surface area contributed by atoms with Gasteiger partial charge in [0.1, 0.15) is 11.4 Å². The summed E-state index contributed by atoms with van der Waals surface area (Å²) < 4.78 is 27.3. The number of hydrogen-bond acceptors (Lipinski definition) is 4. The first-order valence-corrected chi connectivity index (χ1v) is 11.5. The van der Waals surface area contributed by atoms with Gasteiger partial charge in [0, 0.05) is 30.5 Å². The van der Waals surface area contributed by atoms with Gasteiger partial charge in [0.15, 0.2) is 17.4 Å². The van der Waals surface area contributed by atoms with Crippen LogP contribution in [-0.4, -0.2) is 40.2 Å². The van der Waals surface area contributed by atoms with Crippen molar-refractivity contribution in [3.63, 3.8) is 0 Å². The maximum atomic E-state index is 13.8. The van der Waals surface area contributed by atoms with Gasteiger partial charge in [-0.05, 0) is 44.6 Å². The van der Waals surface area contributed by atoms with Crippen LogP contribution in [0.4, 0.5) is 14.5 Å². The fourth-order valence-corrected chi connectivity index (χ4v) is 5.15. The van der Waals surface area contributed by atoms with Crippen LogP contribution >= 0.6 is 11.6 Å². The zero-order valence-corrected chi connectivity index (χ0v) is 19.0. The smallest absolute Gasteiger partial charge is 0.270 e. The number of benzene rings is 1. The highest BCUT2D eigenvalue weighted by molar-refractivity contribution is 6.33. The SMILES string of the molecule is CCC(=O)c1nc[nH]c1C(=O)NC1CCC2(CCCN(c3cc(F)c(F)cc3Cl)C2=O)CC1. The second kappa shape index (κ2) is 9.21. The minimum absolute atomic E-state index is 0.00256. The van der Waals surface area contributed by atoms with Crippen molar-refractivity contribution in [2.45, 2.75) is 57.9 Å². The quantitative estimate of drug-likeness (QED) is 0.491. The highest BCUT2D eigenvalue weighted by Crippen LogP contribution is 2.46. The largest absolute Gasteiger partial charge is 0.348 e. The topological polar surface area (TPSA) is 95.2 Å². The number of aromatic amines is 1. The van der Waals surface area contributed by atoms with Gasteiger partial charge in [0.2, 0.25) is 5.91 Å². The molecule has 4 rings (SSSR count). The number of Topliss-reactive ketones (excluding diaryl/α,β-unsaturated/α-hetero) is 1. The van der Waals surface area contributed by atoms with Gasteiger partial charge in [-0.2, -0.15) is 0 Å². The molecule has 1 spiro atoms. The lowest BCUT2D eigenvalue weighted by Gasteiger charge is -2.45. The number of hydrogen-bond donors (Lipinski definition) is 2. The van der Waals surface area contributed by atoms with Crippen molar-refractivity contribution in [2.75, 3.05) is 11.4 Å². The maximum absolute atomic E-state index is 13.8. The van der Waals surface area contributed by atoms with E-state index in [0.29, 0.717) is 45.1 Å². The van der Waals surface area contributed by atoms with Gasteiger partial charge in [-0.15, -0.1) is 0 Å². The molecule has 0 unspecified atom stereocenters. The van der Waals surface area contributed by atoms with Crippen molar-refractivity contribution >= 4 is 34.9 Å². The van der Waals surface area contributed by atoms with Crippen LogP contribution < -0.4 is 10.2 Å². The third-order valence-corrected chi connectivity index (χ3v) is 7.05. The lowest BCUT2D eigenvalue weighted by atomic mass is 9.67. The Hall–Kier alpha value is -2.81. The highest BCUT2D eigenvalue weighted by atomic mass is 35.5. The lowest BCUT2D eigenvalue weighted by molar-refractivity contribution is -0.132. The van der Waals surface area contributed by atoms with E-state index >= 15 is 0 Å². The molecule has 1 saturated carbocycles. The molecule has 2 aromatic rings. The van der Waals surface area contributed by atoms with E-state index in [4.69, 9.17) is 11.6 Å². The molecular weight excluding hydrogens is 454 g/mol. The van der Waals surface area contributed by atoms with Crippen molar-refractivity contribution in [1.82, 2.24) is 15.3 Å². The Balaban J connectivity index is 1.44. The van der Waals surface area contributed by atoms with E-state index in [1.54, 1.807) is 6.92 Å². The zero-order chi connectivity index (χ0) is 23.8. The van der Waals surface area contributed by atoms with Crippen LogP contribution in [0.1, 0.15) is 72.8 Å². The third kappa shape index (κ3) is 4.38. The molecule has 2 heterocycles. The summed E-state index contributed by atoms with van der Waals surface area (Å²) >= 11 is 6.12. The molecule has 0 bridgehead atoms. The van der Waals surface area contributed by atoms with Gasteiger partial charge in [0.05, 0.1) is 17.0 Å². The summed E-state index contributed by atoms with van der Waals surface area (Å²) in [7, 11) is 0. The molecule has 1 saturated heterocycles. The maximum Gasteiger partial charge on any atom is 0.270 e. The van der Waals surface area contributed by atoms with Crippen molar-refractivity contribution in [1.29, 1.82) is 0 Å². The molecule has 1 aliphatic carbocycles. The average Bonchev–Trinajstić information content (AvgIpc) is 3.30. The van der Waals surface area contributed by atoms with E-state index < -0.39 is 23.0 Å². The number of halogens is 3. The lowest BCUT2D eigenvalue weighted by Crippen LogP contribution is -2.52. The Morgan fingerprint density at radius 3 is 2.64 bits per heavy atom. The predicted octanol–water partition coefficient (Wildman–Crippen LogP) is 4.42. The minimum atomic E-state index is -1.06. The number of imidazole rings is 1. The minimum Gasteiger partial charge on any atom is -0.348 e. The molecule has 0 radical (unpaired) electrons. The molecule has 1 aromatic carbocycles. The first-order valence-electron chi connectivity index (χ1n) is 11.1. The van der Waals surface area contributed by atoms with Gasteiger partial charge in [0.25, 0.3) is 5.91 Å². The molecule has 2 amide bonds. The Kier molecular flexibility index (Phi) is 6.52. The number of H-pyrrole nitrogens is 1. The molecule has 1 aliphatic heterocycles. The van der Waals surface area contributed by atoms with Crippen LogP contribution in [0, 0.1) is 17.0 Å². The van der Waals surface area contributed by atoms with Crippen LogP contribution in [0.3, 0.4) is 0 Å². The molecule has 10 heteroatoms. The van der Waals surface area contributed by atoms with Crippen molar-refractivity contribution in [3.8, 4) is 0 Å². The van der Waals surface area contributed by atoms with Gasteiger partial charge >= 0.3 is 0 Å². The predicted molar refractivity (Wildman–Crippen MR) is 118 cm³/mol. The van der Waals surface area contributed by atoms with Gasteiger partial charge in [-0.1, -0.05) is 18.5 Å². The molecule has 0 atom stereocenters. The number of carbonyl (C=O) groups excluding carboxylic acids is 3. The van der Waals surface area contributed by atoms with E-state index in [-0.39, 0.29) is 46.3 Å². The summed E-state index contributed by atoms with van der Waals surface area (Å²) in [5.74, 6) is -2.85. The number of amides is 2. The van der Waals surface area contributed by atoms with Gasteiger partial charge < -0.3 is 15.2 Å². The highest BCUT2D eigenvalue weighted by Gasteiger charge is 2.47. The van der Waals surface area contributed by atoms with E-state index in [9.17, 15) is 23.2 Å². The third-order valence-electron chi connectivity index (χ3n) is 6.75. The van der Waals surface area contributed by atoms with Gasteiger partial charge in [-0.25, -0.2) is 13.8 Å². The standard InChI is InChI=1S/C23H25ClF2N4O3/c1-2-18(31)19-20(28-12-27-19)21(32)29-13-4-7-23(8-5-13)6-3-9-30(22(23)33)17-11-16(26)15(25)10-14(17)24/h10-13H,2-9H2,1H3,(H,27,28)(H,29,32). The molecule has 2 N–H and O–H groups in total. The number of ketones is 1. The molecule has 176 valence electrons. The van der Waals surface area contributed by atoms with E-state index in [1.165, 1.54) is 11.2 Å². The number of nitrogens with one attached hydrogen (secondary N) is 2. The Morgan fingerprint density at radius 2 is 1.94 bits per heavy atom. The number of carbonyl (C=O) groups is 3. The molecule has 7 nitrogen and oxygen atoms in total. The van der Waals surface area contributed by atoms with E-state index in [1.807, 2.05) is 0 Å². The Morgan fingerprint density at radius 1 is 1.24 bits per heavy atom. The zero-order valence-electron chi connectivity index (χ0n) is 18.2. The number of piperidine rings is 1. The molecule has 2 aliphatic rings. The van der Waals surface area contributed by atoms with Gasteiger partial charge in [-0.3, -0.25) is 14.4 Å². The summed E-state index contributed by atoms with van der Waals surface area (Å²) in [5.41, 5.74) is -0.161. The molecule has 2 fully saturated rings. The fourth-order valence-electron chi connectivity index (χ4n) is 4.90. The Labute approximate surface area is 194 Å². The van der Waals surface area contributed by atoms with Crippen LogP contribution in [0.25, 0.3) is 0 Å². The van der Waals surface area contributed by atoms with Crippen molar-refractivity contribution in [3.05, 3.63) is 46.5 Å². The summed E-state index contributed by atoms with van der Waals surface area (Å²) in [6.07, 6.45) is 5.26. The first kappa shape index (κ1) is 23.4. The van der Waals surface area contributed by atoms with E-state index in [2.05, 4.69) is 15.3 Å². The average molecular weight is 479 g/mol. The molecular formula is C23H25ClF2N4O3. The monoisotopic (exact) mass is 478 g/mol. The summed E-state index contributed by atoms with van der Waals surface area (Å²) in [6, 6.07) is 1.71. The number of rotatable bonds is 5. The first-order chi connectivity index (χ1) is 15.8. The summed E-state index contributed by atoms with van der Waals surface area (Å²) in [4.78, 5) is 46.3. The van der Waals surface area contributed by atoms with Crippen molar-refractivity contribution in [2.24, 2.45) is 5.41 Å². The second-order valence-corrected chi connectivity index (χ2v) is 9.12. The van der Waals surface area contributed by atoms with Crippen LogP contribution in [0.15, 0.2) is 18.5 Å². The van der Waals surface area contributed by atoms with Crippen LogP contribution in [-0.2, 0) is 4.79 Å². The van der Waals surface area contributed by atoms with Crippen molar-refractivity contribution < 1.29 is 23.2 Å². The summed E-state index contributed by atoms with van der Waals surface area (Å²) in [5, 5.41) is 2.94. The molecule has 1 aromatic heterocycles. The fraction of sp³-hybridized carbons (Fsp3) is 0.478. The molecule has 33 heavy (non-hydrogen) atoms. The normalized spacial score (nSPS) is 23.1. The second-order valence-electron chi connectivity index (χ2n) is 8.71. The van der Waals surface area contributed by atoms with Crippen LogP contribution in [0.2, 0.25) is 5.02 Å². The number of aromatic nitrogens is 2. The number of nitrogens with zero attached hydrogens (tertiary/aromatic N) is 2. The number of anilines is 1.